The number of rotatable bonds is 4. The third-order valence-corrected chi connectivity index (χ3v) is 3.80. The monoisotopic (exact) mass is 222 g/mol. The molecule has 5 heteroatoms. The molecular weight excluding hydrogens is 204 g/mol. The maximum Gasteiger partial charge on any atom is 0.213 e. The third kappa shape index (κ3) is 2.10. The van der Waals surface area contributed by atoms with E-state index in [-0.39, 0.29) is 0 Å². The predicted octanol–water partition coefficient (Wildman–Crippen LogP) is 0.296. The van der Waals surface area contributed by atoms with Crippen molar-refractivity contribution < 1.29 is 4.52 Å². The Morgan fingerprint density at radius 3 is 3.25 bits per heavy atom. The summed E-state index contributed by atoms with van der Waals surface area (Å²) >= 11 is 0. The maximum atomic E-state index is 4.71. The first-order chi connectivity index (χ1) is 7.92. The van der Waals surface area contributed by atoms with Crippen LogP contribution in [0.5, 0.6) is 0 Å². The highest BCUT2D eigenvalue weighted by Gasteiger charge is 2.33. The predicted molar refractivity (Wildman–Crippen MR) is 59.0 cm³/mol. The molecule has 0 aromatic carbocycles. The minimum absolute atomic E-state index is 0.700. The summed E-state index contributed by atoms with van der Waals surface area (Å²) in [4.78, 5) is 6.59. The Hall–Kier alpha value is -0.940. The molecule has 1 N–H and O–H groups in total. The molecule has 0 radical (unpaired) electrons. The van der Waals surface area contributed by atoms with Gasteiger partial charge in [-0.2, -0.15) is 4.98 Å². The molecule has 0 aliphatic carbocycles. The van der Waals surface area contributed by atoms with Crippen molar-refractivity contribution in [3.63, 3.8) is 0 Å². The van der Waals surface area contributed by atoms with Gasteiger partial charge in [0.25, 0.3) is 0 Å². The quantitative estimate of drug-likeness (QED) is 0.794. The van der Waals surface area contributed by atoms with Gasteiger partial charge in [0.1, 0.15) is 0 Å². The van der Waals surface area contributed by atoms with Crippen LogP contribution in [-0.4, -0.2) is 47.3 Å². The highest BCUT2D eigenvalue weighted by Crippen LogP contribution is 2.26. The van der Waals surface area contributed by atoms with Crippen molar-refractivity contribution in [2.24, 2.45) is 5.92 Å². The summed E-state index contributed by atoms with van der Waals surface area (Å²) in [5, 5.41) is 7.45. The van der Waals surface area contributed by atoms with Crippen LogP contribution in [0.25, 0.3) is 0 Å². The second kappa shape index (κ2) is 4.51. The second-order valence-corrected chi connectivity index (χ2v) is 4.80. The first kappa shape index (κ1) is 10.2. The van der Waals surface area contributed by atoms with E-state index >= 15 is 0 Å². The van der Waals surface area contributed by atoms with Gasteiger partial charge in [0.2, 0.25) is 6.39 Å². The minimum Gasteiger partial charge on any atom is -0.343 e. The Morgan fingerprint density at radius 2 is 2.38 bits per heavy atom. The smallest absolute Gasteiger partial charge is 0.213 e. The number of nitrogens with one attached hydrogen (secondary N) is 1. The zero-order valence-electron chi connectivity index (χ0n) is 9.43. The molecule has 0 saturated carbocycles. The molecule has 3 heterocycles. The van der Waals surface area contributed by atoms with E-state index in [1.54, 1.807) is 0 Å². The van der Waals surface area contributed by atoms with E-state index in [1.165, 1.54) is 38.9 Å². The fourth-order valence-electron chi connectivity index (χ4n) is 2.89. The van der Waals surface area contributed by atoms with Crippen LogP contribution >= 0.6 is 0 Å². The number of aromatic nitrogens is 2. The van der Waals surface area contributed by atoms with Crippen LogP contribution in [0, 0.1) is 5.92 Å². The molecule has 2 saturated heterocycles. The van der Waals surface area contributed by atoms with Crippen molar-refractivity contribution in [3.05, 3.63) is 12.2 Å². The Bertz CT molecular complexity index is 327. The molecule has 3 unspecified atom stereocenters. The van der Waals surface area contributed by atoms with Crippen LogP contribution in [0.15, 0.2) is 10.9 Å². The van der Waals surface area contributed by atoms with Crippen LogP contribution in [0.1, 0.15) is 18.7 Å². The maximum absolute atomic E-state index is 4.71. The van der Waals surface area contributed by atoms with Crippen molar-refractivity contribution in [2.75, 3.05) is 26.2 Å². The van der Waals surface area contributed by atoms with Crippen molar-refractivity contribution >= 4 is 0 Å². The van der Waals surface area contributed by atoms with Crippen LogP contribution in [0.4, 0.5) is 0 Å². The molecule has 3 atom stereocenters. The summed E-state index contributed by atoms with van der Waals surface area (Å²) in [7, 11) is 0. The average Bonchev–Trinajstić information content (AvgIpc) is 2.92. The van der Waals surface area contributed by atoms with E-state index < -0.39 is 0 Å². The minimum atomic E-state index is 0.700. The molecule has 88 valence electrons. The Morgan fingerprint density at radius 1 is 1.44 bits per heavy atom. The van der Waals surface area contributed by atoms with Gasteiger partial charge in [0.05, 0.1) is 0 Å². The first-order valence-electron chi connectivity index (χ1n) is 6.13. The van der Waals surface area contributed by atoms with Gasteiger partial charge in [-0.25, -0.2) is 0 Å². The number of hydrogen-bond acceptors (Lipinski definition) is 5. The lowest BCUT2D eigenvalue weighted by molar-refractivity contribution is 0.221. The molecule has 5 nitrogen and oxygen atoms in total. The first-order valence-corrected chi connectivity index (χ1v) is 6.13. The van der Waals surface area contributed by atoms with E-state index in [0.717, 1.165) is 24.7 Å². The van der Waals surface area contributed by atoms with Crippen LogP contribution in [0.2, 0.25) is 0 Å². The molecule has 0 amide bonds. The average molecular weight is 222 g/mol. The van der Waals surface area contributed by atoms with Gasteiger partial charge in [-0.3, -0.25) is 0 Å². The fraction of sp³-hybridized carbons (Fsp3) is 0.818. The van der Waals surface area contributed by atoms with Gasteiger partial charge in [-0.1, -0.05) is 5.16 Å². The lowest BCUT2D eigenvalue weighted by atomic mass is 9.94. The fourth-order valence-corrected chi connectivity index (χ4v) is 2.89. The summed E-state index contributed by atoms with van der Waals surface area (Å²) in [6.07, 6.45) is 4.91. The summed E-state index contributed by atoms with van der Waals surface area (Å²) in [5.41, 5.74) is 0. The molecule has 16 heavy (non-hydrogen) atoms. The molecule has 1 aromatic heterocycles. The Balaban J connectivity index is 1.45. The summed E-state index contributed by atoms with van der Waals surface area (Å²) in [6, 6.07) is 0.700. The Labute approximate surface area is 95.2 Å². The number of hydrogen-bond donors (Lipinski definition) is 1. The van der Waals surface area contributed by atoms with Gasteiger partial charge in [0, 0.05) is 25.6 Å². The number of fused-ring (bicyclic) bond motifs is 2. The zero-order valence-corrected chi connectivity index (χ0v) is 9.43. The van der Waals surface area contributed by atoms with Crippen molar-refractivity contribution in [2.45, 2.75) is 25.3 Å². The van der Waals surface area contributed by atoms with Gasteiger partial charge < -0.3 is 14.7 Å². The molecular formula is C11H18N4O. The molecule has 2 fully saturated rings. The van der Waals surface area contributed by atoms with Crippen LogP contribution in [-0.2, 0) is 6.42 Å². The molecule has 2 aliphatic heterocycles. The van der Waals surface area contributed by atoms with Crippen molar-refractivity contribution in [1.29, 1.82) is 0 Å². The Kier molecular flexibility index (Phi) is 2.88. The lowest BCUT2D eigenvalue weighted by Gasteiger charge is -2.31. The standard InChI is InChI=1S/C11H18N4O/c1(11-13-8-16-14-11)4-12-10-3-6-15-5-2-9(10)7-15/h8-10,12H,1-7H2. The normalized spacial score (nSPS) is 33.1. The van der Waals surface area contributed by atoms with E-state index in [0.29, 0.717) is 6.04 Å². The van der Waals surface area contributed by atoms with Crippen LogP contribution in [0.3, 0.4) is 0 Å². The van der Waals surface area contributed by atoms with E-state index in [4.69, 9.17) is 4.52 Å². The SMILES string of the molecule is c1nc(CCNC2CCN3CCC2C3)no1. The second-order valence-electron chi connectivity index (χ2n) is 4.80. The summed E-state index contributed by atoms with van der Waals surface area (Å²) < 4.78 is 4.71. The van der Waals surface area contributed by atoms with Crippen LogP contribution < -0.4 is 5.32 Å². The summed E-state index contributed by atoms with van der Waals surface area (Å²) in [5.74, 6) is 1.66. The van der Waals surface area contributed by atoms with Gasteiger partial charge in [-0.05, 0) is 31.8 Å². The van der Waals surface area contributed by atoms with E-state index in [9.17, 15) is 0 Å². The highest BCUT2D eigenvalue weighted by molar-refractivity contribution is 4.91. The molecule has 0 spiro atoms. The van der Waals surface area contributed by atoms with Gasteiger partial charge >= 0.3 is 0 Å². The highest BCUT2D eigenvalue weighted by atomic mass is 16.5. The van der Waals surface area contributed by atoms with Gasteiger partial charge in [0.15, 0.2) is 5.82 Å². The number of nitrogens with zero attached hydrogens (tertiary/aromatic N) is 3. The van der Waals surface area contributed by atoms with E-state index in [2.05, 4.69) is 20.4 Å². The molecule has 2 bridgehead atoms. The number of piperidine rings is 1. The summed E-state index contributed by atoms with van der Waals surface area (Å²) in [6.45, 7) is 4.81. The zero-order chi connectivity index (χ0) is 10.8. The van der Waals surface area contributed by atoms with Gasteiger partial charge in [-0.15, -0.1) is 0 Å². The molecule has 2 aliphatic rings. The largest absolute Gasteiger partial charge is 0.343 e. The topological polar surface area (TPSA) is 54.2 Å². The van der Waals surface area contributed by atoms with Crippen molar-refractivity contribution in [3.8, 4) is 0 Å². The molecule has 1 aromatic rings. The van der Waals surface area contributed by atoms with Crippen molar-refractivity contribution in [1.82, 2.24) is 20.4 Å². The van der Waals surface area contributed by atoms with E-state index in [1.807, 2.05) is 0 Å². The lowest BCUT2D eigenvalue weighted by Crippen LogP contribution is -2.44. The molecule has 3 rings (SSSR count). The third-order valence-electron chi connectivity index (χ3n) is 3.80.